The molecule has 0 radical (unpaired) electrons. The molecule has 1 aliphatic rings. The topological polar surface area (TPSA) is 92.8 Å². The van der Waals surface area contributed by atoms with E-state index in [4.69, 9.17) is 16.3 Å². The van der Waals surface area contributed by atoms with Gasteiger partial charge in [0, 0.05) is 6.54 Å². The molecule has 0 bridgehead atoms. The number of halogens is 1. The van der Waals surface area contributed by atoms with E-state index in [1.165, 1.54) is 29.6 Å². The van der Waals surface area contributed by atoms with Gasteiger partial charge in [0.2, 0.25) is 10.0 Å². The number of amides is 1. The van der Waals surface area contributed by atoms with E-state index in [-0.39, 0.29) is 27.6 Å². The predicted molar refractivity (Wildman–Crippen MR) is 108 cm³/mol. The van der Waals surface area contributed by atoms with E-state index in [0.717, 1.165) is 6.42 Å². The lowest BCUT2D eigenvalue weighted by atomic mass is 10.1. The maximum Gasteiger partial charge on any atom is 0.339 e. The molecule has 28 heavy (non-hydrogen) atoms. The van der Waals surface area contributed by atoms with Crippen LogP contribution in [0.3, 0.4) is 0 Å². The van der Waals surface area contributed by atoms with Gasteiger partial charge in [-0.25, -0.2) is 13.2 Å². The number of benzene rings is 2. The van der Waals surface area contributed by atoms with Gasteiger partial charge < -0.3 is 10.1 Å². The highest BCUT2D eigenvalue weighted by atomic mass is 35.5. The van der Waals surface area contributed by atoms with E-state index in [1.807, 2.05) is 0 Å². The number of sulfonamides is 1. The minimum atomic E-state index is -3.37. The van der Waals surface area contributed by atoms with E-state index in [1.54, 1.807) is 24.3 Å². The van der Waals surface area contributed by atoms with Gasteiger partial charge in [0.05, 0.1) is 40.4 Å². The van der Waals surface area contributed by atoms with Gasteiger partial charge in [0.15, 0.2) is 0 Å². The highest BCUT2D eigenvalue weighted by Gasteiger charge is 2.27. The molecule has 0 aromatic heterocycles. The Bertz CT molecular complexity index is 1020. The van der Waals surface area contributed by atoms with Gasteiger partial charge in [-0.3, -0.25) is 9.10 Å². The van der Waals surface area contributed by atoms with Gasteiger partial charge in [0.1, 0.15) is 0 Å². The zero-order valence-corrected chi connectivity index (χ0v) is 16.7. The van der Waals surface area contributed by atoms with Crippen LogP contribution in [0, 0.1) is 0 Å². The van der Waals surface area contributed by atoms with E-state index in [0.29, 0.717) is 18.7 Å². The molecular weight excluding hydrogens is 404 g/mol. The second kappa shape index (κ2) is 8.20. The average Bonchev–Trinajstić information content (AvgIpc) is 2.67. The Morgan fingerprint density at radius 2 is 1.86 bits per heavy atom. The molecule has 7 nitrogen and oxygen atoms in total. The van der Waals surface area contributed by atoms with Crippen LogP contribution in [0.5, 0.6) is 0 Å². The van der Waals surface area contributed by atoms with Crippen LogP contribution >= 0.6 is 11.6 Å². The van der Waals surface area contributed by atoms with E-state index >= 15 is 0 Å². The van der Waals surface area contributed by atoms with Gasteiger partial charge in [-0.2, -0.15) is 0 Å². The number of hydrogen-bond donors (Lipinski definition) is 1. The van der Waals surface area contributed by atoms with Gasteiger partial charge in [-0.05, 0) is 43.2 Å². The average molecular weight is 423 g/mol. The molecule has 0 saturated carbocycles. The summed E-state index contributed by atoms with van der Waals surface area (Å²) in [5.41, 5.74) is 1.10. The maximum atomic E-state index is 12.6. The number of esters is 1. The molecule has 3 rings (SSSR count). The van der Waals surface area contributed by atoms with Crippen molar-refractivity contribution in [3.8, 4) is 0 Å². The quantitative estimate of drug-likeness (QED) is 0.763. The summed E-state index contributed by atoms with van der Waals surface area (Å²) < 4.78 is 30.5. The highest BCUT2D eigenvalue weighted by Crippen LogP contribution is 2.29. The van der Waals surface area contributed by atoms with Crippen molar-refractivity contribution in [1.29, 1.82) is 0 Å². The normalized spacial score (nSPS) is 15.7. The standard InChI is InChI=1S/C19H19ClN2O5S/c1-27-19(24)15-6-2-3-7-17(15)21-18(23)14-9-8-13(12-16(14)20)22-10-4-5-11-28(22,25)26/h2-3,6-9,12H,4-5,10-11H2,1H3,(H,21,23). The lowest BCUT2D eigenvalue weighted by Crippen LogP contribution is -2.37. The first kappa shape index (κ1) is 20.2. The fourth-order valence-corrected chi connectivity index (χ4v) is 4.88. The fourth-order valence-electron chi connectivity index (χ4n) is 2.99. The number of nitrogens with one attached hydrogen (secondary N) is 1. The molecule has 0 aliphatic carbocycles. The lowest BCUT2D eigenvalue weighted by molar-refractivity contribution is 0.0602. The Balaban J connectivity index is 1.85. The summed E-state index contributed by atoms with van der Waals surface area (Å²) >= 11 is 6.26. The number of nitrogens with zero attached hydrogens (tertiary/aromatic N) is 1. The molecule has 2 aromatic rings. The van der Waals surface area contributed by atoms with Gasteiger partial charge >= 0.3 is 5.97 Å². The van der Waals surface area contributed by atoms with Crippen LogP contribution in [0.4, 0.5) is 11.4 Å². The molecule has 1 heterocycles. The molecule has 1 fully saturated rings. The van der Waals surface area contributed by atoms with E-state index < -0.39 is 21.9 Å². The van der Waals surface area contributed by atoms with E-state index in [2.05, 4.69) is 5.32 Å². The summed E-state index contributed by atoms with van der Waals surface area (Å²) in [5.74, 6) is -1.00. The number of para-hydroxylation sites is 1. The first-order valence-corrected chi connectivity index (χ1v) is 10.6. The van der Waals surface area contributed by atoms with Crippen molar-refractivity contribution in [2.24, 2.45) is 0 Å². The first-order chi connectivity index (χ1) is 13.3. The molecule has 2 aromatic carbocycles. The summed E-state index contributed by atoms with van der Waals surface area (Å²) in [5, 5.41) is 2.76. The van der Waals surface area contributed by atoms with Crippen LogP contribution in [0.25, 0.3) is 0 Å². The second-order valence-electron chi connectivity index (χ2n) is 6.25. The van der Waals surface area contributed by atoms with E-state index in [9.17, 15) is 18.0 Å². The molecule has 0 unspecified atom stereocenters. The third-order valence-corrected chi connectivity index (χ3v) is 6.60. The monoisotopic (exact) mass is 422 g/mol. The van der Waals surface area contributed by atoms with Crippen LogP contribution in [-0.4, -0.2) is 39.7 Å². The van der Waals surface area contributed by atoms with Crippen molar-refractivity contribution in [3.63, 3.8) is 0 Å². The lowest BCUT2D eigenvalue weighted by Gasteiger charge is -2.28. The zero-order valence-electron chi connectivity index (χ0n) is 15.1. The summed E-state index contributed by atoms with van der Waals surface area (Å²) in [4.78, 5) is 24.5. The highest BCUT2D eigenvalue weighted by molar-refractivity contribution is 7.92. The maximum absolute atomic E-state index is 12.6. The molecule has 0 atom stereocenters. The van der Waals surface area contributed by atoms with Gasteiger partial charge in [-0.15, -0.1) is 0 Å². The Morgan fingerprint density at radius 3 is 2.54 bits per heavy atom. The minimum absolute atomic E-state index is 0.0944. The number of rotatable bonds is 4. The molecule has 148 valence electrons. The summed E-state index contributed by atoms with van der Waals surface area (Å²) in [7, 11) is -2.12. The van der Waals surface area contributed by atoms with Crippen LogP contribution in [0.15, 0.2) is 42.5 Å². The zero-order chi connectivity index (χ0) is 20.3. The SMILES string of the molecule is COC(=O)c1ccccc1NC(=O)c1ccc(N2CCCCS2(=O)=O)cc1Cl. The molecular formula is C19H19ClN2O5S. The Kier molecular flexibility index (Phi) is 5.90. The summed E-state index contributed by atoms with van der Waals surface area (Å²) in [6, 6.07) is 10.9. The molecule has 9 heteroatoms. The van der Waals surface area contributed by atoms with Crippen molar-refractivity contribution in [2.75, 3.05) is 29.0 Å². The fraction of sp³-hybridized carbons (Fsp3) is 0.263. The number of methoxy groups -OCH3 is 1. The number of hydrogen-bond acceptors (Lipinski definition) is 5. The van der Waals surface area contributed by atoms with Crippen molar-refractivity contribution >= 4 is 44.9 Å². The predicted octanol–water partition coefficient (Wildman–Crippen LogP) is 3.31. The third kappa shape index (κ3) is 4.13. The van der Waals surface area contributed by atoms with Crippen molar-refractivity contribution in [2.45, 2.75) is 12.8 Å². The smallest absolute Gasteiger partial charge is 0.339 e. The van der Waals surface area contributed by atoms with Gasteiger partial charge in [0.25, 0.3) is 5.91 Å². The third-order valence-electron chi connectivity index (χ3n) is 4.42. The van der Waals surface area contributed by atoms with Crippen LogP contribution in [0.2, 0.25) is 5.02 Å². The van der Waals surface area contributed by atoms with Crippen LogP contribution in [0.1, 0.15) is 33.6 Å². The van der Waals surface area contributed by atoms with Gasteiger partial charge in [-0.1, -0.05) is 23.7 Å². The number of carbonyl (C=O) groups is 2. The molecule has 1 amide bonds. The summed E-state index contributed by atoms with van der Waals surface area (Å²) in [6.45, 7) is 0.386. The van der Waals surface area contributed by atoms with Crippen molar-refractivity contribution < 1.29 is 22.7 Å². The molecule has 0 spiro atoms. The van der Waals surface area contributed by atoms with Crippen LogP contribution in [-0.2, 0) is 14.8 Å². The second-order valence-corrected chi connectivity index (χ2v) is 8.67. The Morgan fingerprint density at radius 1 is 1.11 bits per heavy atom. The summed E-state index contributed by atoms with van der Waals surface area (Å²) in [6.07, 6.45) is 1.40. The Labute approximate surface area is 168 Å². The molecule has 1 N–H and O–H groups in total. The largest absolute Gasteiger partial charge is 0.465 e. The van der Waals surface area contributed by atoms with Crippen molar-refractivity contribution in [3.05, 3.63) is 58.6 Å². The number of anilines is 2. The van der Waals surface area contributed by atoms with Crippen molar-refractivity contribution in [1.82, 2.24) is 0 Å². The number of ether oxygens (including phenoxy) is 1. The van der Waals surface area contributed by atoms with Crippen LogP contribution < -0.4 is 9.62 Å². The molecule has 1 saturated heterocycles. The number of carbonyl (C=O) groups excluding carboxylic acids is 2. The Hall–Kier alpha value is -2.58. The first-order valence-electron chi connectivity index (χ1n) is 8.62. The minimum Gasteiger partial charge on any atom is -0.465 e. The molecule has 1 aliphatic heterocycles.